The molecule has 1 aromatic heterocycles. The molecule has 0 radical (unpaired) electrons. The molecule has 2 fully saturated rings. The Morgan fingerprint density at radius 1 is 1.21 bits per heavy atom. The average Bonchev–Trinajstić information content (AvgIpc) is 3.48. The number of nitrogens with zero attached hydrogens (tertiary/aromatic N) is 2. The number of sulfonamides is 1. The van der Waals surface area contributed by atoms with Crippen molar-refractivity contribution in [3.8, 4) is 0 Å². The van der Waals surface area contributed by atoms with Gasteiger partial charge in [0.1, 0.15) is 11.9 Å². The number of carbonyl (C=O) groups is 2. The fourth-order valence-corrected chi connectivity index (χ4v) is 8.60. The molecule has 3 heterocycles. The molecular formula is C30H32ClF4N5O5S2. The number of aromatic nitrogens is 1. The highest BCUT2D eigenvalue weighted by molar-refractivity contribution is 7.89. The summed E-state index contributed by atoms with van der Waals surface area (Å²) in [4.78, 5) is 30.2. The van der Waals surface area contributed by atoms with Gasteiger partial charge in [0.25, 0.3) is 0 Å². The molecule has 3 aromatic rings. The van der Waals surface area contributed by atoms with E-state index in [0.29, 0.717) is 41.4 Å². The van der Waals surface area contributed by atoms with Crippen LogP contribution in [-0.4, -0.2) is 73.8 Å². The van der Waals surface area contributed by atoms with Crippen molar-refractivity contribution >= 4 is 50.6 Å². The number of thiazole rings is 1. The van der Waals surface area contributed by atoms with Gasteiger partial charge in [0.15, 0.2) is 5.01 Å². The second-order valence-corrected chi connectivity index (χ2v) is 14.6. The molecule has 1 unspecified atom stereocenters. The van der Waals surface area contributed by atoms with Crippen molar-refractivity contribution < 1.29 is 40.3 Å². The molecule has 2 aromatic carbocycles. The van der Waals surface area contributed by atoms with Gasteiger partial charge in [0.05, 0.1) is 24.5 Å². The Labute approximate surface area is 277 Å². The van der Waals surface area contributed by atoms with Crippen molar-refractivity contribution in [3.05, 3.63) is 80.5 Å². The van der Waals surface area contributed by atoms with Gasteiger partial charge in [-0.05, 0) is 55.5 Å². The number of carbonyl (C=O) groups excluding carboxylic acids is 2. The number of nitrogens with one attached hydrogen (secondary N) is 3. The van der Waals surface area contributed by atoms with Gasteiger partial charge in [0, 0.05) is 46.8 Å². The van der Waals surface area contributed by atoms with E-state index < -0.39 is 57.0 Å². The van der Waals surface area contributed by atoms with Gasteiger partial charge in [-0.15, -0.1) is 11.3 Å². The number of methoxy groups -OCH3 is 1. The zero-order valence-corrected chi connectivity index (χ0v) is 27.4. The number of ether oxygens (including phenoxy) is 1. The van der Waals surface area contributed by atoms with Crippen molar-refractivity contribution in [3.63, 3.8) is 0 Å². The summed E-state index contributed by atoms with van der Waals surface area (Å²) in [6, 6.07) is 8.00. The summed E-state index contributed by atoms with van der Waals surface area (Å²) in [5.41, 5.74) is 0.313. The first kappa shape index (κ1) is 35.0. The Kier molecular flexibility index (Phi) is 10.8. The van der Waals surface area contributed by atoms with E-state index in [1.807, 2.05) is 0 Å². The molecule has 2 aliphatic rings. The predicted octanol–water partition coefficient (Wildman–Crippen LogP) is 5.15. The Bertz CT molecular complexity index is 1710. The minimum Gasteiger partial charge on any atom is -0.453 e. The monoisotopic (exact) mass is 717 g/mol. The second kappa shape index (κ2) is 14.4. The summed E-state index contributed by atoms with van der Waals surface area (Å²) < 4.78 is 88.0. The smallest absolute Gasteiger partial charge is 0.443 e. The van der Waals surface area contributed by atoms with E-state index in [4.69, 9.17) is 16.3 Å². The molecule has 5 atom stereocenters. The molecule has 0 spiro atoms. The number of alkyl carbamates (subject to hydrolysis) is 1. The standard InChI is InChI=1S/C30H32ClF4N5O5S2/c1-45-29(42)39-26(25(17-7-9-18(31)10-8-17)24-16-46-28(38-24)30(33,34)35)27(41)37-23-6-2-5-22(32)21(23)12-11-20-14-36-19-4-3-13-47(43,44)40(20)15-19/h2,5-10,16,19-20,25-26,36H,3-4,11-15H2,1H3,(H,37,41)(H,39,42)/t19-,20+,25+,26+/m1/s1. The number of anilines is 1. The SMILES string of the molecule is COC(=O)N[C@H](C(=O)Nc1cccc(F)c1CC[C@H]1CN[C@@H]2CCCS(=O)(=O)N1C2)[C@@H](c1ccc(Cl)cc1)c1csc(C(F)(F)F)n1. The number of piperazine rings is 1. The first-order valence-corrected chi connectivity index (χ1v) is 17.6. The lowest BCUT2D eigenvalue weighted by molar-refractivity contribution is -0.137. The van der Waals surface area contributed by atoms with Crippen molar-refractivity contribution in [2.24, 2.45) is 0 Å². The molecule has 17 heteroatoms. The fraction of sp³-hybridized carbons (Fsp3) is 0.433. The van der Waals surface area contributed by atoms with Gasteiger partial charge >= 0.3 is 12.3 Å². The number of amides is 2. The van der Waals surface area contributed by atoms with Gasteiger partial charge in [-0.2, -0.15) is 17.5 Å². The van der Waals surface area contributed by atoms with E-state index in [1.165, 1.54) is 46.8 Å². The highest BCUT2D eigenvalue weighted by Crippen LogP contribution is 2.37. The van der Waals surface area contributed by atoms with Crippen LogP contribution in [-0.2, 0) is 32.2 Å². The Hall–Kier alpha value is -3.31. The highest BCUT2D eigenvalue weighted by Gasteiger charge is 2.40. The lowest BCUT2D eigenvalue weighted by atomic mass is 9.88. The fourth-order valence-electron chi connectivity index (χ4n) is 5.95. The van der Waals surface area contributed by atoms with Crippen LogP contribution in [0.4, 0.5) is 28.0 Å². The number of rotatable bonds is 9. The summed E-state index contributed by atoms with van der Waals surface area (Å²) in [6.07, 6.45) is -4.21. The zero-order valence-electron chi connectivity index (χ0n) is 25.0. The molecule has 0 saturated carbocycles. The van der Waals surface area contributed by atoms with E-state index in [9.17, 15) is 31.2 Å². The molecule has 47 heavy (non-hydrogen) atoms. The number of halogens is 5. The average molecular weight is 718 g/mol. The van der Waals surface area contributed by atoms with Crippen molar-refractivity contribution in [1.82, 2.24) is 19.9 Å². The number of benzene rings is 2. The Morgan fingerprint density at radius 2 is 1.96 bits per heavy atom. The van der Waals surface area contributed by atoms with Crippen LogP contribution >= 0.6 is 22.9 Å². The molecule has 254 valence electrons. The van der Waals surface area contributed by atoms with Gasteiger partial charge < -0.3 is 20.7 Å². The maximum Gasteiger partial charge on any atom is 0.443 e. The van der Waals surface area contributed by atoms with E-state index in [1.54, 1.807) is 0 Å². The summed E-state index contributed by atoms with van der Waals surface area (Å²) in [6.45, 7) is 0.717. The molecule has 0 aliphatic carbocycles. The third kappa shape index (κ3) is 8.23. The Balaban J connectivity index is 1.45. The molecule has 2 bridgehead atoms. The van der Waals surface area contributed by atoms with Crippen LogP contribution < -0.4 is 16.0 Å². The normalized spacial score (nSPS) is 22.0. The van der Waals surface area contributed by atoms with Crippen molar-refractivity contribution in [2.75, 3.05) is 31.3 Å². The van der Waals surface area contributed by atoms with Crippen LogP contribution in [0.2, 0.25) is 5.02 Å². The van der Waals surface area contributed by atoms with Crippen LogP contribution in [0.3, 0.4) is 0 Å². The van der Waals surface area contributed by atoms with Crippen molar-refractivity contribution in [2.45, 2.75) is 55.9 Å². The number of alkyl halides is 3. The molecular weight excluding hydrogens is 686 g/mol. The third-order valence-corrected chi connectivity index (χ3v) is 11.4. The molecule has 10 nitrogen and oxygen atoms in total. The van der Waals surface area contributed by atoms with Crippen LogP contribution in [0.25, 0.3) is 0 Å². The largest absolute Gasteiger partial charge is 0.453 e. The first-order chi connectivity index (χ1) is 22.3. The van der Waals surface area contributed by atoms with E-state index in [-0.39, 0.29) is 41.6 Å². The molecule has 5 rings (SSSR count). The third-order valence-electron chi connectivity index (χ3n) is 8.25. The van der Waals surface area contributed by atoms with Crippen LogP contribution in [0.5, 0.6) is 0 Å². The van der Waals surface area contributed by atoms with E-state index in [0.717, 1.165) is 18.9 Å². The summed E-state index contributed by atoms with van der Waals surface area (Å²) in [5, 5.41) is 8.73. The van der Waals surface area contributed by atoms with Gasteiger partial charge in [-0.1, -0.05) is 29.8 Å². The minimum atomic E-state index is -4.75. The highest BCUT2D eigenvalue weighted by atomic mass is 35.5. The number of hydrogen-bond acceptors (Lipinski definition) is 8. The van der Waals surface area contributed by atoms with Crippen LogP contribution in [0.1, 0.15) is 47.0 Å². The quantitative estimate of drug-likeness (QED) is 0.261. The Morgan fingerprint density at radius 3 is 2.64 bits per heavy atom. The molecule has 2 amide bonds. The number of hydrogen-bond donors (Lipinski definition) is 3. The van der Waals surface area contributed by atoms with Crippen molar-refractivity contribution in [1.29, 1.82) is 0 Å². The van der Waals surface area contributed by atoms with Gasteiger partial charge in [-0.25, -0.2) is 22.6 Å². The van der Waals surface area contributed by atoms with E-state index >= 15 is 4.39 Å². The van der Waals surface area contributed by atoms with E-state index in [2.05, 4.69) is 20.9 Å². The predicted molar refractivity (Wildman–Crippen MR) is 168 cm³/mol. The van der Waals surface area contributed by atoms with Gasteiger partial charge in [-0.3, -0.25) is 4.79 Å². The zero-order chi connectivity index (χ0) is 33.9. The lowest BCUT2D eigenvalue weighted by Crippen LogP contribution is -2.57. The van der Waals surface area contributed by atoms with Gasteiger partial charge in [0.2, 0.25) is 15.9 Å². The minimum absolute atomic E-state index is 0.0372. The second-order valence-electron chi connectivity index (χ2n) is 11.3. The molecule has 3 N–H and O–H groups in total. The molecule has 2 saturated heterocycles. The first-order valence-electron chi connectivity index (χ1n) is 14.7. The maximum atomic E-state index is 15.3. The maximum absolute atomic E-state index is 15.3. The lowest BCUT2D eigenvalue weighted by Gasteiger charge is -2.37. The summed E-state index contributed by atoms with van der Waals surface area (Å²) in [5.74, 6) is -2.74. The summed E-state index contributed by atoms with van der Waals surface area (Å²) >= 11 is 6.38. The molecule has 2 aliphatic heterocycles. The van der Waals surface area contributed by atoms with Crippen LogP contribution in [0, 0.1) is 5.82 Å². The number of fused-ring (bicyclic) bond motifs is 2. The topological polar surface area (TPSA) is 130 Å². The van der Waals surface area contributed by atoms with Crippen LogP contribution in [0.15, 0.2) is 47.8 Å². The summed E-state index contributed by atoms with van der Waals surface area (Å²) in [7, 11) is -2.43.